The molecule has 2 N–H and O–H groups in total. The molecule has 0 saturated carbocycles. The fraction of sp³-hybridized carbons (Fsp3) is 0.207. The summed E-state index contributed by atoms with van der Waals surface area (Å²) in [5.74, 6) is -0.840. The SMILES string of the molecule is O=C(CNc1cnc2c(C(=O)N3CCN(c4ccccc4)CC3)cccn2c1=O)NCC(=O)c1ccccc1. The fourth-order valence-electron chi connectivity index (χ4n) is 4.51. The third kappa shape index (κ3) is 5.80. The Morgan fingerprint density at radius 3 is 2.23 bits per heavy atom. The molecule has 2 aromatic heterocycles. The number of piperazine rings is 1. The second-order valence-electron chi connectivity index (χ2n) is 9.13. The maximum Gasteiger partial charge on any atom is 0.281 e. The zero-order valence-electron chi connectivity index (χ0n) is 21.2. The molecule has 10 nitrogen and oxygen atoms in total. The highest BCUT2D eigenvalue weighted by Crippen LogP contribution is 2.18. The summed E-state index contributed by atoms with van der Waals surface area (Å²) in [5.41, 5.74) is 1.90. The lowest BCUT2D eigenvalue weighted by molar-refractivity contribution is -0.119. The maximum absolute atomic E-state index is 13.4. The average Bonchev–Trinajstić information content (AvgIpc) is 3.00. The second-order valence-corrected chi connectivity index (χ2v) is 9.13. The van der Waals surface area contributed by atoms with Gasteiger partial charge in [-0.05, 0) is 24.3 Å². The van der Waals surface area contributed by atoms with Crippen molar-refractivity contribution in [3.63, 3.8) is 0 Å². The van der Waals surface area contributed by atoms with Crippen LogP contribution in [-0.4, -0.2) is 71.2 Å². The summed E-state index contributed by atoms with van der Waals surface area (Å²) in [7, 11) is 0. The van der Waals surface area contributed by atoms with Gasteiger partial charge in [0.1, 0.15) is 5.69 Å². The van der Waals surface area contributed by atoms with Gasteiger partial charge in [-0.3, -0.25) is 23.6 Å². The number of ketones is 1. The first kappa shape index (κ1) is 25.7. The first-order chi connectivity index (χ1) is 19.0. The molecule has 198 valence electrons. The lowest BCUT2D eigenvalue weighted by atomic mass is 10.1. The largest absolute Gasteiger partial charge is 0.370 e. The standard InChI is InChI=1S/C29H28N6O4/c36-25(21-8-3-1-4-9-21)19-31-26(37)20-30-24-18-32-27-23(12-7-13-35(27)29(24)39)28(38)34-16-14-33(15-17-34)22-10-5-2-6-11-22/h1-13,18,30H,14-17,19-20H2,(H,31,37). The number of nitrogens with zero attached hydrogens (tertiary/aromatic N) is 4. The number of pyridine rings is 1. The Bertz CT molecular complexity index is 1550. The molecule has 4 aromatic rings. The van der Waals surface area contributed by atoms with E-state index >= 15 is 0 Å². The summed E-state index contributed by atoms with van der Waals surface area (Å²) in [6.45, 7) is 2.17. The van der Waals surface area contributed by atoms with Gasteiger partial charge in [0.2, 0.25) is 5.91 Å². The van der Waals surface area contributed by atoms with Gasteiger partial charge in [0.15, 0.2) is 11.4 Å². The normalized spacial score (nSPS) is 13.2. The summed E-state index contributed by atoms with van der Waals surface area (Å²) in [6, 6.07) is 22.0. The van der Waals surface area contributed by atoms with Crippen molar-refractivity contribution in [2.45, 2.75) is 0 Å². The van der Waals surface area contributed by atoms with Crippen LogP contribution in [0.1, 0.15) is 20.7 Å². The Kier molecular flexibility index (Phi) is 7.63. The molecule has 2 aromatic carbocycles. The van der Waals surface area contributed by atoms with Crippen LogP contribution in [0.2, 0.25) is 0 Å². The van der Waals surface area contributed by atoms with Gasteiger partial charge in [0.05, 0.1) is 24.8 Å². The van der Waals surface area contributed by atoms with E-state index in [-0.39, 0.29) is 36.1 Å². The second kappa shape index (κ2) is 11.6. The van der Waals surface area contributed by atoms with E-state index in [1.165, 1.54) is 10.6 Å². The van der Waals surface area contributed by atoms with E-state index in [0.29, 0.717) is 37.3 Å². The van der Waals surface area contributed by atoms with Gasteiger partial charge in [-0.1, -0.05) is 48.5 Å². The number of carbonyl (C=O) groups is 3. The monoisotopic (exact) mass is 524 g/mol. The molecule has 3 heterocycles. The predicted molar refractivity (Wildman–Crippen MR) is 148 cm³/mol. The number of nitrogens with one attached hydrogen (secondary N) is 2. The minimum atomic E-state index is -0.442. The molecule has 0 spiro atoms. The number of para-hydroxylation sites is 1. The molecule has 1 aliphatic rings. The van der Waals surface area contributed by atoms with E-state index in [9.17, 15) is 19.2 Å². The van der Waals surface area contributed by atoms with Crippen molar-refractivity contribution in [1.82, 2.24) is 19.6 Å². The van der Waals surface area contributed by atoms with Gasteiger partial charge in [-0.15, -0.1) is 0 Å². The van der Waals surface area contributed by atoms with E-state index in [2.05, 4.69) is 32.7 Å². The number of aromatic nitrogens is 2. The van der Waals surface area contributed by atoms with Crippen molar-refractivity contribution in [3.05, 3.63) is 107 Å². The van der Waals surface area contributed by atoms with Crippen LogP contribution in [0.5, 0.6) is 0 Å². The summed E-state index contributed by atoms with van der Waals surface area (Å²) >= 11 is 0. The van der Waals surface area contributed by atoms with Gasteiger partial charge in [-0.25, -0.2) is 4.98 Å². The van der Waals surface area contributed by atoms with Crippen LogP contribution >= 0.6 is 0 Å². The number of carbonyl (C=O) groups excluding carboxylic acids is 3. The third-order valence-electron chi connectivity index (χ3n) is 6.63. The van der Waals surface area contributed by atoms with Gasteiger partial charge < -0.3 is 20.4 Å². The Morgan fingerprint density at radius 2 is 1.51 bits per heavy atom. The first-order valence-corrected chi connectivity index (χ1v) is 12.7. The van der Waals surface area contributed by atoms with Crippen LogP contribution in [0.15, 0.2) is 90.0 Å². The molecule has 10 heteroatoms. The number of hydrogen-bond acceptors (Lipinski definition) is 7. The molecule has 0 unspecified atom stereocenters. The molecule has 0 radical (unpaired) electrons. The molecule has 1 saturated heterocycles. The van der Waals surface area contributed by atoms with Crippen molar-refractivity contribution in [2.24, 2.45) is 0 Å². The minimum absolute atomic E-state index is 0.109. The molecule has 0 atom stereocenters. The number of hydrogen-bond donors (Lipinski definition) is 2. The number of fused-ring (bicyclic) bond motifs is 1. The van der Waals surface area contributed by atoms with Crippen LogP contribution in [-0.2, 0) is 4.79 Å². The zero-order valence-corrected chi connectivity index (χ0v) is 21.2. The van der Waals surface area contributed by atoms with Crippen LogP contribution in [0, 0.1) is 0 Å². The van der Waals surface area contributed by atoms with Crippen molar-refractivity contribution < 1.29 is 14.4 Å². The van der Waals surface area contributed by atoms with Crippen LogP contribution < -0.4 is 21.1 Å². The number of Topliss-reactive ketones (excluding diaryl/α,β-unsaturated/α-hetero) is 1. The van der Waals surface area contributed by atoms with E-state index in [1.807, 2.05) is 18.2 Å². The van der Waals surface area contributed by atoms with Crippen LogP contribution in [0.25, 0.3) is 5.65 Å². The molecule has 1 fully saturated rings. The molecule has 0 bridgehead atoms. The number of anilines is 2. The van der Waals surface area contributed by atoms with Crippen molar-refractivity contribution in [2.75, 3.05) is 49.5 Å². The lowest BCUT2D eigenvalue weighted by Crippen LogP contribution is -2.49. The van der Waals surface area contributed by atoms with Gasteiger partial charge in [0.25, 0.3) is 11.5 Å². The smallest absolute Gasteiger partial charge is 0.281 e. The molecule has 2 amide bonds. The highest BCUT2D eigenvalue weighted by molar-refractivity contribution is 6.00. The average molecular weight is 525 g/mol. The summed E-state index contributed by atoms with van der Waals surface area (Å²) in [5, 5.41) is 5.33. The molecular formula is C29H28N6O4. The first-order valence-electron chi connectivity index (χ1n) is 12.7. The Labute approximate surface area is 224 Å². The summed E-state index contributed by atoms with van der Waals surface area (Å²) < 4.78 is 1.30. The minimum Gasteiger partial charge on any atom is -0.370 e. The van der Waals surface area contributed by atoms with E-state index in [4.69, 9.17) is 0 Å². The molecule has 0 aliphatic carbocycles. The van der Waals surface area contributed by atoms with E-state index in [1.54, 1.807) is 53.6 Å². The van der Waals surface area contributed by atoms with E-state index < -0.39 is 11.5 Å². The number of benzene rings is 2. The Balaban J connectivity index is 1.22. The highest BCUT2D eigenvalue weighted by atomic mass is 16.2. The van der Waals surface area contributed by atoms with Crippen LogP contribution in [0.4, 0.5) is 11.4 Å². The van der Waals surface area contributed by atoms with Crippen molar-refractivity contribution in [1.29, 1.82) is 0 Å². The predicted octanol–water partition coefficient (Wildman–Crippen LogP) is 2.07. The van der Waals surface area contributed by atoms with Gasteiger partial charge in [-0.2, -0.15) is 0 Å². The van der Waals surface area contributed by atoms with Gasteiger partial charge in [0, 0.05) is 43.6 Å². The topological polar surface area (TPSA) is 116 Å². The van der Waals surface area contributed by atoms with Crippen LogP contribution in [0.3, 0.4) is 0 Å². The maximum atomic E-state index is 13.4. The Morgan fingerprint density at radius 1 is 0.821 bits per heavy atom. The highest BCUT2D eigenvalue weighted by Gasteiger charge is 2.24. The third-order valence-corrected chi connectivity index (χ3v) is 6.63. The summed E-state index contributed by atoms with van der Waals surface area (Å²) in [6.07, 6.45) is 2.86. The number of rotatable bonds is 8. The van der Waals surface area contributed by atoms with Gasteiger partial charge >= 0.3 is 0 Å². The quantitative estimate of drug-likeness (QED) is 0.339. The van der Waals surface area contributed by atoms with Crippen molar-refractivity contribution in [3.8, 4) is 0 Å². The molecule has 39 heavy (non-hydrogen) atoms. The summed E-state index contributed by atoms with van der Waals surface area (Å²) in [4.78, 5) is 59.2. The van der Waals surface area contributed by atoms with E-state index in [0.717, 1.165) is 5.69 Å². The molecular weight excluding hydrogens is 496 g/mol. The molecule has 5 rings (SSSR count). The zero-order chi connectivity index (χ0) is 27.2. The van der Waals surface area contributed by atoms with Crippen molar-refractivity contribution >= 4 is 34.6 Å². The lowest BCUT2D eigenvalue weighted by Gasteiger charge is -2.36. The fourth-order valence-corrected chi connectivity index (χ4v) is 4.51. The number of amides is 2. The Hall–Kier alpha value is -4.99. The molecule has 1 aliphatic heterocycles.